The molecule has 1 rings (SSSR count). The summed E-state index contributed by atoms with van der Waals surface area (Å²) in [5.41, 5.74) is 5.97. The van der Waals surface area contributed by atoms with E-state index in [1.165, 1.54) is 19.2 Å². The third-order valence-electron chi connectivity index (χ3n) is 2.21. The molecule has 0 saturated carbocycles. The fourth-order valence-corrected chi connectivity index (χ4v) is 1.57. The van der Waals surface area contributed by atoms with Crippen molar-refractivity contribution in [3.05, 3.63) is 29.3 Å². The Morgan fingerprint density at radius 2 is 2.00 bits per heavy atom. The first-order valence-electron chi connectivity index (χ1n) is 4.68. The number of hydrogen-bond acceptors (Lipinski definition) is 2. The third kappa shape index (κ3) is 2.45. The van der Waals surface area contributed by atoms with Crippen LogP contribution >= 0.6 is 0 Å². The normalized spacial score (nSPS) is 13.7. The van der Waals surface area contributed by atoms with Gasteiger partial charge >= 0.3 is 0 Å². The average Bonchev–Trinajstić information content (AvgIpc) is 2.15. The minimum atomic E-state index is -2.91. The summed E-state index contributed by atoms with van der Waals surface area (Å²) >= 11 is 0. The number of rotatable bonds is 3. The molecule has 0 heterocycles. The molecule has 0 fully saturated rings. The first-order chi connectivity index (χ1) is 6.88. The number of methoxy groups -OCH3 is 1. The van der Waals surface area contributed by atoms with Crippen molar-refractivity contribution in [3.8, 4) is 5.75 Å². The zero-order chi connectivity index (χ0) is 11.6. The van der Waals surface area contributed by atoms with Crippen LogP contribution in [-0.4, -0.2) is 7.11 Å². The van der Waals surface area contributed by atoms with Crippen LogP contribution in [0.4, 0.5) is 8.78 Å². The molecular weight excluding hydrogens is 200 g/mol. The lowest BCUT2D eigenvalue weighted by Crippen LogP contribution is -2.17. The lowest BCUT2D eigenvalue weighted by Gasteiger charge is -2.20. The zero-order valence-corrected chi connectivity index (χ0v) is 9.05. The molecular formula is C11H15F2NO. The lowest BCUT2D eigenvalue weighted by molar-refractivity contribution is 0.0160. The van der Waals surface area contributed by atoms with Crippen LogP contribution in [-0.2, 0) is 5.92 Å². The number of halogens is 2. The minimum Gasteiger partial charge on any atom is -0.496 e. The van der Waals surface area contributed by atoms with Crippen LogP contribution in [0.2, 0.25) is 0 Å². The quantitative estimate of drug-likeness (QED) is 0.841. The Morgan fingerprint density at radius 3 is 2.40 bits per heavy atom. The van der Waals surface area contributed by atoms with Gasteiger partial charge in [0.25, 0.3) is 5.92 Å². The number of ether oxygens (including phenoxy) is 1. The van der Waals surface area contributed by atoms with E-state index in [4.69, 9.17) is 10.5 Å². The molecule has 1 atom stereocenters. The molecule has 0 aliphatic rings. The molecule has 0 bridgehead atoms. The van der Waals surface area contributed by atoms with Gasteiger partial charge < -0.3 is 10.5 Å². The topological polar surface area (TPSA) is 35.2 Å². The predicted molar refractivity (Wildman–Crippen MR) is 55.2 cm³/mol. The molecule has 84 valence electrons. The van der Waals surface area contributed by atoms with E-state index in [9.17, 15) is 8.78 Å². The average molecular weight is 215 g/mol. The van der Waals surface area contributed by atoms with Crippen LogP contribution < -0.4 is 10.5 Å². The monoisotopic (exact) mass is 215 g/mol. The molecule has 15 heavy (non-hydrogen) atoms. The first-order valence-corrected chi connectivity index (χ1v) is 4.68. The fraction of sp³-hybridized carbons (Fsp3) is 0.455. The van der Waals surface area contributed by atoms with Crippen LogP contribution in [0.15, 0.2) is 18.2 Å². The lowest BCUT2D eigenvalue weighted by atomic mass is 9.97. The largest absolute Gasteiger partial charge is 0.496 e. The molecule has 0 saturated heterocycles. The van der Waals surface area contributed by atoms with Gasteiger partial charge in [-0.15, -0.1) is 0 Å². The fourth-order valence-electron chi connectivity index (χ4n) is 1.57. The van der Waals surface area contributed by atoms with E-state index in [-0.39, 0.29) is 5.56 Å². The summed E-state index contributed by atoms with van der Waals surface area (Å²) in [5, 5.41) is 0. The van der Waals surface area contributed by atoms with Crippen molar-refractivity contribution in [2.45, 2.75) is 25.8 Å². The number of benzene rings is 1. The summed E-state index contributed by atoms with van der Waals surface area (Å²) < 4.78 is 31.6. The van der Waals surface area contributed by atoms with E-state index in [0.717, 1.165) is 6.92 Å². The summed E-state index contributed by atoms with van der Waals surface area (Å²) in [6.45, 7) is 2.51. The van der Waals surface area contributed by atoms with Crippen LogP contribution in [0.25, 0.3) is 0 Å². The number of nitrogens with two attached hydrogens (primary N) is 1. The highest BCUT2D eigenvalue weighted by Crippen LogP contribution is 2.36. The molecule has 0 radical (unpaired) electrons. The van der Waals surface area contributed by atoms with Gasteiger partial charge in [-0.2, -0.15) is 0 Å². The van der Waals surface area contributed by atoms with E-state index in [1.807, 2.05) is 0 Å². The van der Waals surface area contributed by atoms with E-state index < -0.39 is 12.0 Å². The van der Waals surface area contributed by atoms with Crippen molar-refractivity contribution in [1.29, 1.82) is 0 Å². The predicted octanol–water partition coefficient (Wildman–Crippen LogP) is 2.83. The van der Waals surface area contributed by atoms with E-state index in [1.54, 1.807) is 13.0 Å². The smallest absolute Gasteiger partial charge is 0.270 e. The van der Waals surface area contributed by atoms with E-state index in [2.05, 4.69) is 0 Å². The molecule has 2 nitrogen and oxygen atoms in total. The molecule has 2 N–H and O–H groups in total. The Kier molecular flexibility index (Phi) is 3.29. The van der Waals surface area contributed by atoms with E-state index in [0.29, 0.717) is 11.3 Å². The van der Waals surface area contributed by atoms with E-state index >= 15 is 0 Å². The number of alkyl halides is 2. The summed E-state index contributed by atoms with van der Waals surface area (Å²) in [4.78, 5) is 0. The van der Waals surface area contributed by atoms with Crippen LogP contribution in [0, 0.1) is 0 Å². The van der Waals surface area contributed by atoms with Crippen LogP contribution in [0.5, 0.6) is 5.75 Å². The standard InChI is InChI=1S/C11H15F2NO/c1-7(14)10-8(11(2,12)13)5-4-6-9(10)15-3/h4-7H,14H2,1-3H3. The van der Waals surface area contributed by atoms with Gasteiger partial charge in [-0.25, -0.2) is 8.78 Å². The summed E-state index contributed by atoms with van der Waals surface area (Å²) in [6.07, 6.45) is 0. The molecule has 0 aromatic heterocycles. The molecule has 1 unspecified atom stereocenters. The zero-order valence-electron chi connectivity index (χ0n) is 9.05. The van der Waals surface area contributed by atoms with Gasteiger partial charge in [-0.1, -0.05) is 12.1 Å². The van der Waals surface area contributed by atoms with Crippen LogP contribution in [0.1, 0.15) is 31.0 Å². The van der Waals surface area contributed by atoms with Gasteiger partial charge in [-0.05, 0) is 13.0 Å². The molecule has 0 aliphatic heterocycles. The van der Waals surface area contributed by atoms with Gasteiger partial charge in [0.1, 0.15) is 5.75 Å². The Bertz CT molecular complexity index is 345. The second-order valence-electron chi connectivity index (χ2n) is 3.60. The maximum Gasteiger partial charge on any atom is 0.270 e. The maximum absolute atomic E-state index is 13.3. The van der Waals surface area contributed by atoms with Crippen molar-refractivity contribution in [2.75, 3.05) is 7.11 Å². The highest BCUT2D eigenvalue weighted by molar-refractivity contribution is 5.44. The third-order valence-corrected chi connectivity index (χ3v) is 2.21. The Hall–Kier alpha value is -1.16. The SMILES string of the molecule is COc1cccc(C(C)(F)F)c1C(C)N. The van der Waals surface area contributed by atoms with Crippen molar-refractivity contribution < 1.29 is 13.5 Å². The van der Waals surface area contributed by atoms with Gasteiger partial charge in [0.2, 0.25) is 0 Å². The van der Waals surface area contributed by atoms with Gasteiger partial charge in [-0.3, -0.25) is 0 Å². The van der Waals surface area contributed by atoms with Crippen LogP contribution in [0.3, 0.4) is 0 Å². The maximum atomic E-state index is 13.3. The summed E-state index contributed by atoms with van der Waals surface area (Å²) in [7, 11) is 1.44. The van der Waals surface area contributed by atoms with Gasteiger partial charge in [0.15, 0.2) is 0 Å². The molecule has 1 aromatic rings. The second-order valence-corrected chi connectivity index (χ2v) is 3.60. The van der Waals surface area contributed by atoms with Crippen molar-refractivity contribution in [2.24, 2.45) is 5.73 Å². The Labute approximate surface area is 88.0 Å². The van der Waals surface area contributed by atoms with Crippen molar-refractivity contribution >= 4 is 0 Å². The molecule has 0 spiro atoms. The summed E-state index contributed by atoms with van der Waals surface area (Å²) in [6, 6.07) is 4.06. The van der Waals surface area contributed by atoms with Gasteiger partial charge in [0, 0.05) is 24.1 Å². The second kappa shape index (κ2) is 4.14. The minimum absolute atomic E-state index is 0.0724. The highest BCUT2D eigenvalue weighted by atomic mass is 19.3. The van der Waals surface area contributed by atoms with Gasteiger partial charge in [0.05, 0.1) is 7.11 Å². The summed E-state index contributed by atoms with van der Waals surface area (Å²) in [5.74, 6) is -2.50. The highest BCUT2D eigenvalue weighted by Gasteiger charge is 2.30. The number of hydrogen-bond donors (Lipinski definition) is 1. The first kappa shape index (κ1) is 11.9. The Morgan fingerprint density at radius 1 is 1.40 bits per heavy atom. The molecule has 1 aromatic carbocycles. The molecule has 4 heteroatoms. The van der Waals surface area contributed by atoms with Crippen molar-refractivity contribution in [3.63, 3.8) is 0 Å². The molecule has 0 aliphatic carbocycles. The Balaban J connectivity index is 3.39. The molecule has 0 amide bonds. The van der Waals surface area contributed by atoms with Crippen molar-refractivity contribution in [1.82, 2.24) is 0 Å².